The molecule has 1 atom stereocenters. The van der Waals surface area contributed by atoms with E-state index in [4.69, 9.17) is 0 Å². The Morgan fingerprint density at radius 1 is 1.27 bits per heavy atom. The van der Waals surface area contributed by atoms with Crippen LogP contribution in [0.1, 0.15) is 24.8 Å². The van der Waals surface area contributed by atoms with E-state index in [1.54, 1.807) is 17.3 Å². The van der Waals surface area contributed by atoms with Crippen LogP contribution in [0.25, 0.3) is 0 Å². The number of piperidine rings is 1. The molecular formula is C17H24N4O4S. The van der Waals surface area contributed by atoms with Gasteiger partial charge in [0.1, 0.15) is 0 Å². The number of nitrogens with one attached hydrogen (secondary N) is 1. The minimum absolute atomic E-state index is 0.0196. The molecule has 8 nitrogen and oxygen atoms in total. The molecule has 1 aromatic heterocycles. The highest BCUT2D eigenvalue weighted by Gasteiger charge is 2.35. The fraction of sp³-hybridized carbons (Fsp3) is 0.588. The fourth-order valence-corrected chi connectivity index (χ4v) is 4.33. The van der Waals surface area contributed by atoms with Crippen LogP contribution < -0.4 is 5.32 Å². The molecule has 1 aromatic rings. The second-order valence-electron chi connectivity index (χ2n) is 6.98. The Balaban J connectivity index is 1.49. The van der Waals surface area contributed by atoms with Gasteiger partial charge in [0, 0.05) is 51.0 Å². The molecule has 0 saturated carbocycles. The van der Waals surface area contributed by atoms with Gasteiger partial charge in [0.15, 0.2) is 0 Å². The maximum absolute atomic E-state index is 12.5. The summed E-state index contributed by atoms with van der Waals surface area (Å²) in [5.74, 6) is -0.487. The van der Waals surface area contributed by atoms with E-state index in [2.05, 4.69) is 10.3 Å². The molecule has 0 bridgehead atoms. The number of hydrogen-bond donors (Lipinski definition) is 1. The molecule has 0 aliphatic carbocycles. The molecule has 0 radical (unpaired) electrons. The van der Waals surface area contributed by atoms with Crippen molar-refractivity contribution in [3.05, 3.63) is 30.1 Å². The van der Waals surface area contributed by atoms with Gasteiger partial charge < -0.3 is 10.2 Å². The Morgan fingerprint density at radius 3 is 2.54 bits per heavy atom. The minimum Gasteiger partial charge on any atom is -0.353 e. The van der Waals surface area contributed by atoms with Crippen LogP contribution in [0.2, 0.25) is 0 Å². The lowest BCUT2D eigenvalue weighted by Crippen LogP contribution is -2.47. The topological polar surface area (TPSA) is 99.7 Å². The van der Waals surface area contributed by atoms with Crippen LogP contribution in [-0.2, 0) is 26.2 Å². The third kappa shape index (κ3) is 4.59. The van der Waals surface area contributed by atoms with Crippen LogP contribution in [-0.4, -0.2) is 66.4 Å². The molecule has 0 spiro atoms. The third-order valence-corrected chi connectivity index (χ3v) is 6.28. The molecule has 0 aromatic carbocycles. The second-order valence-corrected chi connectivity index (χ2v) is 8.96. The van der Waals surface area contributed by atoms with Gasteiger partial charge in [-0.15, -0.1) is 0 Å². The molecule has 9 heteroatoms. The van der Waals surface area contributed by atoms with Gasteiger partial charge in [0.25, 0.3) is 0 Å². The molecule has 2 fully saturated rings. The maximum Gasteiger partial charge on any atom is 0.225 e. The number of aromatic nitrogens is 1. The highest BCUT2D eigenvalue weighted by molar-refractivity contribution is 7.88. The molecule has 1 N–H and O–H groups in total. The normalized spacial score (nSPS) is 22.6. The van der Waals surface area contributed by atoms with Crippen LogP contribution in [0.4, 0.5) is 0 Å². The molecule has 2 amide bonds. The van der Waals surface area contributed by atoms with Crippen molar-refractivity contribution in [2.45, 2.75) is 31.8 Å². The van der Waals surface area contributed by atoms with Gasteiger partial charge in [0.2, 0.25) is 21.8 Å². The van der Waals surface area contributed by atoms with Crippen LogP contribution >= 0.6 is 0 Å². The average Bonchev–Trinajstić information content (AvgIpc) is 2.96. The number of carbonyl (C=O) groups excluding carboxylic acids is 2. The van der Waals surface area contributed by atoms with Crippen LogP contribution in [0.15, 0.2) is 24.5 Å². The van der Waals surface area contributed by atoms with Gasteiger partial charge in [-0.1, -0.05) is 0 Å². The lowest BCUT2D eigenvalue weighted by Gasteiger charge is -2.31. The van der Waals surface area contributed by atoms with E-state index in [-0.39, 0.29) is 30.2 Å². The van der Waals surface area contributed by atoms with Crippen molar-refractivity contribution < 1.29 is 18.0 Å². The monoisotopic (exact) mass is 380 g/mol. The maximum atomic E-state index is 12.5. The van der Waals surface area contributed by atoms with Crippen molar-refractivity contribution in [3.8, 4) is 0 Å². The first-order valence-corrected chi connectivity index (χ1v) is 10.6. The van der Waals surface area contributed by atoms with E-state index in [9.17, 15) is 18.0 Å². The number of hydrogen-bond acceptors (Lipinski definition) is 5. The van der Waals surface area contributed by atoms with Gasteiger partial charge in [-0.25, -0.2) is 12.7 Å². The van der Waals surface area contributed by atoms with Gasteiger partial charge in [-0.2, -0.15) is 0 Å². The summed E-state index contributed by atoms with van der Waals surface area (Å²) in [6.07, 6.45) is 5.98. The van der Waals surface area contributed by atoms with Crippen LogP contribution in [0, 0.1) is 5.92 Å². The largest absolute Gasteiger partial charge is 0.353 e. The summed E-state index contributed by atoms with van der Waals surface area (Å²) in [4.78, 5) is 30.4. The van der Waals surface area contributed by atoms with E-state index >= 15 is 0 Å². The standard InChI is InChI=1S/C17H24N4O4S/c1-26(24,25)21-8-4-15(5-9-21)19-17(23)14-10-16(22)20(12-14)11-13-2-6-18-7-3-13/h2-3,6-7,14-15H,4-5,8-12H2,1H3,(H,19,23)/t14-/m0/s1. The molecule has 3 heterocycles. The Kier molecular flexibility index (Phi) is 5.57. The zero-order valence-electron chi connectivity index (χ0n) is 14.8. The highest BCUT2D eigenvalue weighted by Crippen LogP contribution is 2.21. The summed E-state index contributed by atoms with van der Waals surface area (Å²) < 4.78 is 24.5. The van der Waals surface area contributed by atoms with Crippen LogP contribution in [0.5, 0.6) is 0 Å². The average molecular weight is 380 g/mol. The molecule has 3 rings (SSSR count). The lowest BCUT2D eigenvalue weighted by atomic mass is 10.0. The minimum atomic E-state index is -3.17. The number of sulfonamides is 1. The summed E-state index contributed by atoms with van der Waals surface area (Å²) in [5, 5.41) is 2.99. The summed E-state index contributed by atoms with van der Waals surface area (Å²) >= 11 is 0. The van der Waals surface area contributed by atoms with Gasteiger partial charge in [-0.05, 0) is 30.5 Å². The Hall–Kier alpha value is -2.00. The summed E-state index contributed by atoms with van der Waals surface area (Å²) in [7, 11) is -3.17. The zero-order chi connectivity index (χ0) is 18.7. The van der Waals surface area contributed by atoms with E-state index in [0.29, 0.717) is 39.0 Å². The number of pyridine rings is 1. The van der Waals surface area contributed by atoms with Crippen molar-refractivity contribution >= 4 is 21.8 Å². The molecule has 26 heavy (non-hydrogen) atoms. The molecule has 2 aliphatic heterocycles. The van der Waals surface area contributed by atoms with Crippen LogP contribution in [0.3, 0.4) is 0 Å². The molecular weight excluding hydrogens is 356 g/mol. The summed E-state index contributed by atoms with van der Waals surface area (Å²) in [5.41, 5.74) is 0.988. The molecule has 2 aliphatic rings. The first-order valence-electron chi connectivity index (χ1n) is 8.75. The van der Waals surface area contributed by atoms with Gasteiger partial charge in [-0.3, -0.25) is 14.6 Å². The van der Waals surface area contributed by atoms with E-state index in [0.717, 1.165) is 5.56 Å². The van der Waals surface area contributed by atoms with Crippen molar-refractivity contribution in [1.29, 1.82) is 0 Å². The van der Waals surface area contributed by atoms with E-state index in [1.807, 2.05) is 12.1 Å². The first-order chi connectivity index (χ1) is 12.3. The van der Waals surface area contributed by atoms with E-state index in [1.165, 1.54) is 10.6 Å². The predicted octanol–water partition coefficient (Wildman–Crippen LogP) is -0.0297. The molecule has 142 valence electrons. The Labute approximate surface area is 153 Å². The van der Waals surface area contributed by atoms with Crippen molar-refractivity contribution in [1.82, 2.24) is 19.5 Å². The zero-order valence-corrected chi connectivity index (χ0v) is 15.6. The fourth-order valence-electron chi connectivity index (χ4n) is 3.46. The van der Waals surface area contributed by atoms with Gasteiger partial charge >= 0.3 is 0 Å². The Bertz CT molecular complexity index is 760. The summed E-state index contributed by atoms with van der Waals surface area (Å²) in [6.45, 7) is 1.73. The van der Waals surface area contributed by atoms with Crippen molar-refractivity contribution in [2.24, 2.45) is 5.92 Å². The first kappa shape index (κ1) is 18.8. The quantitative estimate of drug-likeness (QED) is 0.773. The number of rotatable bonds is 5. The lowest BCUT2D eigenvalue weighted by molar-refractivity contribution is -0.129. The van der Waals surface area contributed by atoms with Gasteiger partial charge in [0.05, 0.1) is 12.2 Å². The highest BCUT2D eigenvalue weighted by atomic mass is 32.2. The number of carbonyl (C=O) groups is 2. The van der Waals surface area contributed by atoms with Crippen molar-refractivity contribution in [3.63, 3.8) is 0 Å². The third-order valence-electron chi connectivity index (χ3n) is 4.98. The second kappa shape index (κ2) is 7.71. The molecule has 0 unspecified atom stereocenters. The number of nitrogens with zero attached hydrogens (tertiary/aromatic N) is 3. The van der Waals surface area contributed by atoms with E-state index < -0.39 is 10.0 Å². The number of likely N-dealkylation sites (tertiary alicyclic amines) is 1. The SMILES string of the molecule is CS(=O)(=O)N1CCC(NC(=O)[C@H]2CC(=O)N(Cc3ccncc3)C2)CC1. The smallest absolute Gasteiger partial charge is 0.225 e. The molecule has 2 saturated heterocycles. The predicted molar refractivity (Wildman–Crippen MR) is 95.3 cm³/mol. The van der Waals surface area contributed by atoms with Crippen molar-refractivity contribution in [2.75, 3.05) is 25.9 Å². The summed E-state index contributed by atoms with van der Waals surface area (Å²) in [6, 6.07) is 3.68. The Morgan fingerprint density at radius 2 is 1.92 bits per heavy atom. The number of amides is 2.